The second-order valence-electron chi connectivity index (χ2n) is 5.38. The Balaban J connectivity index is 1.81. The lowest BCUT2D eigenvalue weighted by Crippen LogP contribution is -2.36. The van der Waals surface area contributed by atoms with E-state index in [-0.39, 0.29) is 6.04 Å². The lowest BCUT2D eigenvalue weighted by atomic mass is 9.91. The number of rotatable bonds is 4. The summed E-state index contributed by atoms with van der Waals surface area (Å²) in [7, 11) is -3.01. The van der Waals surface area contributed by atoms with Crippen LogP contribution in [-0.2, 0) is 10.0 Å². The molecule has 2 aliphatic carbocycles. The smallest absolute Gasteiger partial charge is 0.212 e. The highest BCUT2D eigenvalue weighted by Crippen LogP contribution is 2.25. The summed E-state index contributed by atoms with van der Waals surface area (Å²) in [6.45, 7) is 0. The van der Waals surface area contributed by atoms with Gasteiger partial charge >= 0.3 is 0 Å². The lowest BCUT2D eigenvalue weighted by Gasteiger charge is -2.22. The fourth-order valence-corrected chi connectivity index (χ4v) is 4.80. The first-order chi connectivity index (χ1) is 7.66. The summed E-state index contributed by atoms with van der Waals surface area (Å²) in [5.74, 6) is 0.774. The third kappa shape index (κ3) is 3.74. The molecule has 0 unspecified atom stereocenters. The molecule has 0 aromatic carbocycles. The van der Waals surface area contributed by atoms with Crippen LogP contribution in [-0.4, -0.2) is 20.2 Å². The highest BCUT2D eigenvalue weighted by atomic mass is 32.2. The van der Waals surface area contributed by atoms with E-state index in [9.17, 15) is 8.42 Å². The molecular formula is C12H23NO2S. The molecule has 4 heteroatoms. The van der Waals surface area contributed by atoms with Gasteiger partial charge in [0.1, 0.15) is 0 Å². The lowest BCUT2D eigenvalue weighted by molar-refractivity contribution is 0.383. The van der Waals surface area contributed by atoms with Gasteiger partial charge in [0.25, 0.3) is 0 Å². The first-order valence-electron chi connectivity index (χ1n) is 6.66. The minimum Gasteiger partial charge on any atom is -0.212 e. The number of hydrogen-bond donors (Lipinski definition) is 1. The molecule has 0 aromatic rings. The van der Waals surface area contributed by atoms with Crippen molar-refractivity contribution in [2.45, 2.75) is 63.8 Å². The summed E-state index contributed by atoms with van der Waals surface area (Å²) in [4.78, 5) is 0. The fourth-order valence-electron chi connectivity index (χ4n) is 3.01. The second-order valence-corrected chi connectivity index (χ2v) is 7.18. The average Bonchev–Trinajstić information content (AvgIpc) is 2.70. The van der Waals surface area contributed by atoms with Crippen molar-refractivity contribution in [1.82, 2.24) is 4.72 Å². The molecule has 0 spiro atoms. The van der Waals surface area contributed by atoms with Crippen LogP contribution in [0.4, 0.5) is 0 Å². The van der Waals surface area contributed by atoms with Gasteiger partial charge in [-0.05, 0) is 31.6 Å². The quantitative estimate of drug-likeness (QED) is 0.827. The highest BCUT2D eigenvalue weighted by molar-refractivity contribution is 7.89. The topological polar surface area (TPSA) is 46.2 Å². The highest BCUT2D eigenvalue weighted by Gasteiger charge is 2.25. The maximum atomic E-state index is 11.9. The predicted octanol–water partition coefficient (Wildman–Crippen LogP) is 2.43. The van der Waals surface area contributed by atoms with Gasteiger partial charge in [0.2, 0.25) is 10.0 Å². The van der Waals surface area contributed by atoms with Crippen LogP contribution in [0.15, 0.2) is 0 Å². The van der Waals surface area contributed by atoms with Crippen molar-refractivity contribution in [2.75, 3.05) is 5.75 Å². The van der Waals surface area contributed by atoms with E-state index in [1.165, 1.54) is 32.1 Å². The van der Waals surface area contributed by atoms with E-state index in [0.29, 0.717) is 11.7 Å². The standard InChI is InChI=1S/C12H23NO2S/c14-16(15,13-12-8-4-5-9-12)10-11-6-2-1-3-7-11/h11-13H,1-10H2. The third-order valence-corrected chi connectivity index (χ3v) is 5.48. The van der Waals surface area contributed by atoms with Gasteiger partial charge in [-0.1, -0.05) is 32.1 Å². The molecule has 0 saturated heterocycles. The van der Waals surface area contributed by atoms with Crippen molar-refractivity contribution >= 4 is 10.0 Å². The molecular weight excluding hydrogens is 222 g/mol. The van der Waals surface area contributed by atoms with Gasteiger partial charge in [0.15, 0.2) is 0 Å². The first kappa shape index (κ1) is 12.4. The number of sulfonamides is 1. The molecule has 16 heavy (non-hydrogen) atoms. The minimum atomic E-state index is -3.01. The SMILES string of the molecule is O=S(=O)(CC1CCCCC1)NC1CCCC1. The normalized spacial score (nSPS) is 25.0. The Morgan fingerprint density at radius 3 is 2.06 bits per heavy atom. The molecule has 2 fully saturated rings. The van der Waals surface area contributed by atoms with Crippen molar-refractivity contribution in [2.24, 2.45) is 5.92 Å². The summed E-state index contributed by atoms with van der Waals surface area (Å²) >= 11 is 0. The molecule has 0 heterocycles. The molecule has 94 valence electrons. The Morgan fingerprint density at radius 1 is 0.875 bits per heavy atom. The second kappa shape index (κ2) is 5.50. The Kier molecular flexibility index (Phi) is 4.25. The van der Waals surface area contributed by atoms with Gasteiger partial charge in [-0.3, -0.25) is 0 Å². The average molecular weight is 245 g/mol. The van der Waals surface area contributed by atoms with Crippen LogP contribution in [0, 0.1) is 5.92 Å². The van der Waals surface area contributed by atoms with Gasteiger partial charge in [0, 0.05) is 6.04 Å². The fraction of sp³-hybridized carbons (Fsp3) is 1.00. The molecule has 0 amide bonds. The number of nitrogens with one attached hydrogen (secondary N) is 1. The van der Waals surface area contributed by atoms with E-state index in [4.69, 9.17) is 0 Å². The van der Waals surface area contributed by atoms with Crippen molar-refractivity contribution < 1.29 is 8.42 Å². The predicted molar refractivity (Wildman–Crippen MR) is 65.8 cm³/mol. The molecule has 1 N–H and O–H groups in total. The van der Waals surface area contributed by atoms with Gasteiger partial charge in [-0.25, -0.2) is 13.1 Å². The van der Waals surface area contributed by atoms with Crippen molar-refractivity contribution in [3.8, 4) is 0 Å². The zero-order valence-electron chi connectivity index (χ0n) is 9.95. The van der Waals surface area contributed by atoms with Crippen LogP contribution >= 0.6 is 0 Å². The molecule has 2 saturated carbocycles. The maximum Gasteiger partial charge on any atom is 0.212 e. The molecule has 2 aliphatic rings. The van der Waals surface area contributed by atoms with E-state index in [0.717, 1.165) is 25.7 Å². The third-order valence-electron chi connectivity index (χ3n) is 3.88. The van der Waals surface area contributed by atoms with Crippen molar-refractivity contribution in [3.05, 3.63) is 0 Å². The maximum absolute atomic E-state index is 11.9. The van der Waals surface area contributed by atoms with E-state index >= 15 is 0 Å². The van der Waals surface area contributed by atoms with Crippen LogP contribution in [0.1, 0.15) is 57.8 Å². The van der Waals surface area contributed by atoms with Gasteiger partial charge in [-0.2, -0.15) is 0 Å². The molecule has 0 radical (unpaired) electrons. The molecule has 2 rings (SSSR count). The summed E-state index contributed by atoms with van der Waals surface area (Å²) in [6, 6.07) is 0.230. The van der Waals surface area contributed by atoms with Crippen LogP contribution in [0.2, 0.25) is 0 Å². The van der Waals surface area contributed by atoms with Crippen LogP contribution < -0.4 is 4.72 Å². The van der Waals surface area contributed by atoms with Gasteiger partial charge in [-0.15, -0.1) is 0 Å². The molecule has 0 atom stereocenters. The summed E-state index contributed by atoms with van der Waals surface area (Å²) in [5, 5.41) is 0. The van der Waals surface area contributed by atoms with Crippen molar-refractivity contribution in [1.29, 1.82) is 0 Å². The van der Waals surface area contributed by atoms with Gasteiger partial charge < -0.3 is 0 Å². The van der Waals surface area contributed by atoms with E-state index < -0.39 is 10.0 Å². The Bertz CT molecular complexity index is 301. The summed E-state index contributed by atoms with van der Waals surface area (Å²) in [5.41, 5.74) is 0. The molecule has 3 nitrogen and oxygen atoms in total. The van der Waals surface area contributed by atoms with Crippen molar-refractivity contribution in [3.63, 3.8) is 0 Å². The molecule has 0 aliphatic heterocycles. The number of hydrogen-bond acceptors (Lipinski definition) is 2. The largest absolute Gasteiger partial charge is 0.212 e. The van der Waals surface area contributed by atoms with Crippen LogP contribution in [0.3, 0.4) is 0 Å². The first-order valence-corrected chi connectivity index (χ1v) is 8.31. The minimum absolute atomic E-state index is 0.230. The van der Waals surface area contributed by atoms with Crippen LogP contribution in [0.5, 0.6) is 0 Å². The zero-order chi connectivity index (χ0) is 11.4. The van der Waals surface area contributed by atoms with Crippen LogP contribution in [0.25, 0.3) is 0 Å². The molecule has 0 aromatic heterocycles. The summed E-state index contributed by atoms with van der Waals surface area (Å²) < 4.78 is 26.8. The monoisotopic (exact) mass is 245 g/mol. The Morgan fingerprint density at radius 2 is 1.44 bits per heavy atom. The summed E-state index contributed by atoms with van der Waals surface area (Å²) in [6.07, 6.45) is 10.3. The molecule has 0 bridgehead atoms. The zero-order valence-corrected chi connectivity index (χ0v) is 10.8. The van der Waals surface area contributed by atoms with E-state index in [1.54, 1.807) is 0 Å². The van der Waals surface area contributed by atoms with Gasteiger partial charge in [0.05, 0.1) is 5.75 Å². The Labute approximate surface area is 99.1 Å². The van der Waals surface area contributed by atoms with E-state index in [1.807, 2.05) is 0 Å². The Hall–Kier alpha value is -0.0900. The van der Waals surface area contributed by atoms with E-state index in [2.05, 4.69) is 4.72 Å².